The molecule has 0 bridgehead atoms. The maximum absolute atomic E-state index is 13.6. The van der Waals surface area contributed by atoms with Crippen molar-refractivity contribution in [3.8, 4) is 0 Å². The summed E-state index contributed by atoms with van der Waals surface area (Å²) in [5.41, 5.74) is 6.82. The van der Waals surface area contributed by atoms with E-state index >= 15 is 0 Å². The average molecular weight is 418 g/mol. The number of ketones is 2. The van der Waals surface area contributed by atoms with E-state index in [4.69, 9.17) is 0 Å². The Bertz CT molecular complexity index is 1280. The Morgan fingerprint density at radius 2 is 0.844 bits per heavy atom. The van der Waals surface area contributed by atoms with Gasteiger partial charge in [-0.05, 0) is 49.2 Å². The monoisotopic (exact) mass is 418 g/mol. The van der Waals surface area contributed by atoms with Crippen molar-refractivity contribution in [3.05, 3.63) is 118 Å². The molecule has 0 amide bonds. The number of hydrogen-bond acceptors (Lipinski definition) is 4. The van der Waals surface area contributed by atoms with Crippen molar-refractivity contribution in [2.75, 3.05) is 10.6 Å². The third-order valence-electron chi connectivity index (χ3n) is 5.90. The fourth-order valence-electron chi connectivity index (χ4n) is 4.15. The number of rotatable bonds is 4. The lowest BCUT2D eigenvalue weighted by Gasteiger charge is -2.24. The van der Waals surface area contributed by atoms with E-state index in [1.165, 1.54) is 0 Å². The lowest BCUT2D eigenvalue weighted by atomic mass is 9.82. The molecule has 1 aliphatic rings. The minimum atomic E-state index is -0.153. The highest BCUT2D eigenvalue weighted by Crippen LogP contribution is 2.39. The highest BCUT2D eigenvalue weighted by molar-refractivity contribution is 6.32. The van der Waals surface area contributed by atoms with Gasteiger partial charge in [-0.2, -0.15) is 0 Å². The average Bonchev–Trinajstić information content (AvgIpc) is 2.81. The van der Waals surface area contributed by atoms with Gasteiger partial charge in [-0.25, -0.2) is 0 Å². The lowest BCUT2D eigenvalue weighted by molar-refractivity contribution is 0.0980. The van der Waals surface area contributed by atoms with E-state index in [9.17, 15) is 9.59 Å². The van der Waals surface area contributed by atoms with Crippen molar-refractivity contribution in [2.24, 2.45) is 0 Å². The summed E-state index contributed by atoms with van der Waals surface area (Å²) in [6.45, 7) is 4.01. The smallest absolute Gasteiger partial charge is 0.196 e. The molecule has 1 aliphatic carbocycles. The molecule has 32 heavy (non-hydrogen) atoms. The highest BCUT2D eigenvalue weighted by Gasteiger charge is 2.34. The van der Waals surface area contributed by atoms with E-state index < -0.39 is 0 Å². The maximum atomic E-state index is 13.6. The van der Waals surface area contributed by atoms with Crippen molar-refractivity contribution in [3.63, 3.8) is 0 Å². The summed E-state index contributed by atoms with van der Waals surface area (Å²) < 4.78 is 0. The normalized spacial score (nSPS) is 12.2. The first-order chi connectivity index (χ1) is 15.5. The number of anilines is 4. The van der Waals surface area contributed by atoms with Crippen LogP contribution in [0.25, 0.3) is 0 Å². The van der Waals surface area contributed by atoms with Crippen LogP contribution in [0.15, 0.2) is 84.9 Å². The molecule has 4 nitrogen and oxygen atoms in total. The summed E-state index contributed by atoms with van der Waals surface area (Å²) in [4.78, 5) is 27.2. The molecule has 0 spiro atoms. The van der Waals surface area contributed by atoms with Gasteiger partial charge in [-0.15, -0.1) is 0 Å². The summed E-state index contributed by atoms with van der Waals surface area (Å²) in [6, 6.07) is 26.5. The molecule has 4 aromatic carbocycles. The fourth-order valence-corrected chi connectivity index (χ4v) is 4.15. The summed E-state index contributed by atoms with van der Waals surface area (Å²) in [5, 5.41) is 6.77. The number of nitrogens with one attached hydrogen (secondary N) is 2. The predicted octanol–water partition coefficient (Wildman–Crippen LogP) is 6.57. The zero-order valence-electron chi connectivity index (χ0n) is 17.9. The molecule has 0 unspecified atom stereocenters. The summed E-state index contributed by atoms with van der Waals surface area (Å²) in [7, 11) is 0. The topological polar surface area (TPSA) is 58.2 Å². The second-order valence-electron chi connectivity index (χ2n) is 7.99. The molecule has 0 fully saturated rings. The summed E-state index contributed by atoms with van der Waals surface area (Å²) in [6.07, 6.45) is 0. The Kier molecular flexibility index (Phi) is 4.83. The number of fused-ring (bicyclic) bond motifs is 2. The largest absolute Gasteiger partial charge is 0.355 e. The van der Waals surface area contributed by atoms with Crippen LogP contribution in [0.2, 0.25) is 0 Å². The first-order valence-electron chi connectivity index (χ1n) is 10.6. The minimum absolute atomic E-state index is 0.153. The minimum Gasteiger partial charge on any atom is -0.355 e. The summed E-state index contributed by atoms with van der Waals surface area (Å²) >= 11 is 0. The van der Waals surface area contributed by atoms with Gasteiger partial charge in [-0.3, -0.25) is 9.59 Å². The van der Waals surface area contributed by atoms with Crippen LogP contribution in [0.4, 0.5) is 22.7 Å². The van der Waals surface area contributed by atoms with Crippen LogP contribution in [0.1, 0.15) is 43.0 Å². The van der Waals surface area contributed by atoms with Crippen LogP contribution < -0.4 is 10.6 Å². The number of aryl methyl sites for hydroxylation is 2. The Labute approximate surface area is 186 Å². The number of carbonyl (C=O) groups is 2. The first-order valence-corrected chi connectivity index (χ1v) is 10.6. The van der Waals surface area contributed by atoms with Crippen molar-refractivity contribution in [1.29, 1.82) is 0 Å². The standard InChI is InChI=1S/C28H22N2O2/c1-17-9-3-7-13-21(17)29-23-15-16-24(30-22-14-8-4-10-18(22)2)26-25(23)27(31)19-11-5-6-12-20(19)28(26)32/h3-16,29-30H,1-2H3. The third-order valence-corrected chi connectivity index (χ3v) is 5.90. The van der Waals surface area contributed by atoms with Crippen LogP contribution in [-0.2, 0) is 0 Å². The quantitative estimate of drug-likeness (QED) is 0.347. The van der Waals surface area contributed by atoms with Gasteiger partial charge >= 0.3 is 0 Å². The molecule has 4 aromatic rings. The Balaban J connectivity index is 1.70. The molecule has 0 atom stereocenters. The molecule has 0 saturated carbocycles. The first kappa shape index (κ1) is 19.8. The van der Waals surface area contributed by atoms with E-state index in [1.807, 2.05) is 74.5 Å². The number of carbonyl (C=O) groups excluding carboxylic acids is 2. The Morgan fingerprint density at radius 1 is 0.469 bits per heavy atom. The van der Waals surface area contributed by atoms with Gasteiger partial charge in [0.1, 0.15) is 0 Å². The number of para-hydroxylation sites is 2. The van der Waals surface area contributed by atoms with Crippen molar-refractivity contribution >= 4 is 34.3 Å². The van der Waals surface area contributed by atoms with E-state index in [1.54, 1.807) is 24.3 Å². The van der Waals surface area contributed by atoms with Crippen molar-refractivity contribution in [1.82, 2.24) is 0 Å². The van der Waals surface area contributed by atoms with Gasteiger partial charge in [0.15, 0.2) is 11.6 Å². The van der Waals surface area contributed by atoms with Crippen LogP contribution in [0.5, 0.6) is 0 Å². The highest BCUT2D eigenvalue weighted by atomic mass is 16.1. The van der Waals surface area contributed by atoms with Crippen LogP contribution in [-0.4, -0.2) is 11.6 Å². The second kappa shape index (κ2) is 7.82. The lowest BCUT2D eigenvalue weighted by Crippen LogP contribution is -2.23. The molecular weight excluding hydrogens is 396 g/mol. The molecular formula is C28H22N2O2. The van der Waals surface area contributed by atoms with Gasteiger partial charge in [0.05, 0.1) is 22.5 Å². The fraction of sp³-hybridized carbons (Fsp3) is 0.0714. The van der Waals surface area contributed by atoms with Gasteiger partial charge in [0, 0.05) is 22.5 Å². The van der Waals surface area contributed by atoms with Gasteiger partial charge in [0.25, 0.3) is 0 Å². The van der Waals surface area contributed by atoms with Crippen LogP contribution in [0.3, 0.4) is 0 Å². The van der Waals surface area contributed by atoms with Gasteiger partial charge < -0.3 is 10.6 Å². The molecule has 0 heterocycles. The van der Waals surface area contributed by atoms with Gasteiger partial charge in [-0.1, -0.05) is 60.7 Å². The molecule has 0 radical (unpaired) electrons. The summed E-state index contributed by atoms with van der Waals surface area (Å²) in [5.74, 6) is -0.306. The Hall–Kier alpha value is -4.18. The van der Waals surface area contributed by atoms with E-state index in [2.05, 4.69) is 10.6 Å². The zero-order chi connectivity index (χ0) is 22.2. The molecule has 2 N–H and O–H groups in total. The number of hydrogen-bond donors (Lipinski definition) is 2. The predicted molar refractivity (Wildman–Crippen MR) is 129 cm³/mol. The zero-order valence-corrected chi connectivity index (χ0v) is 17.9. The van der Waals surface area contributed by atoms with E-state index in [-0.39, 0.29) is 11.6 Å². The molecule has 4 heteroatoms. The SMILES string of the molecule is Cc1ccccc1Nc1ccc(Nc2ccccc2C)c2c1C(=O)c1ccccc1C2=O. The molecule has 0 saturated heterocycles. The molecule has 0 aromatic heterocycles. The van der Waals surface area contributed by atoms with Crippen LogP contribution >= 0.6 is 0 Å². The second-order valence-corrected chi connectivity index (χ2v) is 7.99. The van der Waals surface area contributed by atoms with E-state index in [0.29, 0.717) is 33.6 Å². The molecule has 0 aliphatic heterocycles. The third kappa shape index (κ3) is 3.26. The van der Waals surface area contributed by atoms with Crippen molar-refractivity contribution in [2.45, 2.75) is 13.8 Å². The van der Waals surface area contributed by atoms with Crippen molar-refractivity contribution < 1.29 is 9.59 Å². The van der Waals surface area contributed by atoms with E-state index in [0.717, 1.165) is 22.5 Å². The van der Waals surface area contributed by atoms with Gasteiger partial charge in [0.2, 0.25) is 0 Å². The molecule has 156 valence electrons. The Morgan fingerprint density at radius 3 is 1.25 bits per heavy atom. The maximum Gasteiger partial charge on any atom is 0.196 e. The van der Waals surface area contributed by atoms with Crippen LogP contribution in [0, 0.1) is 13.8 Å². The number of benzene rings is 4. The molecule has 5 rings (SSSR count).